The highest BCUT2D eigenvalue weighted by molar-refractivity contribution is 5.87. The van der Waals surface area contributed by atoms with Crippen LogP contribution in [0.5, 0.6) is 0 Å². The lowest BCUT2D eigenvalue weighted by Crippen LogP contribution is -2.47. The highest BCUT2D eigenvalue weighted by Gasteiger charge is 2.19. The number of hydrogen-bond donors (Lipinski definition) is 2. The first-order chi connectivity index (χ1) is 9.54. The molecular weight excluding hydrogens is 258 g/mol. The molecule has 1 rings (SSSR count). The van der Waals surface area contributed by atoms with E-state index < -0.39 is 6.04 Å². The molecule has 0 saturated carbocycles. The van der Waals surface area contributed by atoms with Gasteiger partial charge in [-0.05, 0) is 5.56 Å². The Labute approximate surface area is 118 Å². The molecule has 0 spiro atoms. The van der Waals surface area contributed by atoms with Gasteiger partial charge in [-0.15, -0.1) is 0 Å². The third kappa shape index (κ3) is 5.38. The number of carbonyl (C=O) groups is 2. The van der Waals surface area contributed by atoms with Crippen LogP contribution in [0.15, 0.2) is 30.3 Å². The molecule has 20 heavy (non-hydrogen) atoms. The summed E-state index contributed by atoms with van der Waals surface area (Å²) < 4.78 is 4.81. The van der Waals surface area contributed by atoms with Crippen molar-refractivity contribution < 1.29 is 14.3 Å². The number of carbonyl (C=O) groups excluding carboxylic acids is 2. The van der Waals surface area contributed by atoms with Gasteiger partial charge in [-0.2, -0.15) is 0 Å². The fourth-order valence-corrected chi connectivity index (χ4v) is 1.68. The maximum Gasteiger partial charge on any atom is 0.242 e. The summed E-state index contributed by atoms with van der Waals surface area (Å²) in [6.07, 6.45) is 0. The first-order valence-electron chi connectivity index (χ1n) is 6.34. The van der Waals surface area contributed by atoms with Crippen molar-refractivity contribution in [2.75, 3.05) is 27.3 Å². The quantitative estimate of drug-likeness (QED) is 0.720. The SMILES string of the molecule is COCC(N)C(=O)N(C)CC(=O)NCc1ccccc1. The maximum absolute atomic E-state index is 11.8. The van der Waals surface area contributed by atoms with E-state index >= 15 is 0 Å². The van der Waals surface area contributed by atoms with E-state index in [1.807, 2.05) is 30.3 Å². The predicted molar refractivity (Wildman–Crippen MR) is 75.8 cm³/mol. The number of methoxy groups -OCH3 is 1. The molecule has 2 amide bonds. The van der Waals surface area contributed by atoms with E-state index in [0.717, 1.165) is 5.56 Å². The molecule has 0 aliphatic carbocycles. The Balaban J connectivity index is 2.36. The van der Waals surface area contributed by atoms with Crippen LogP contribution in [-0.4, -0.2) is 50.1 Å². The second-order valence-corrected chi connectivity index (χ2v) is 4.52. The smallest absolute Gasteiger partial charge is 0.242 e. The summed E-state index contributed by atoms with van der Waals surface area (Å²) in [5, 5.41) is 2.75. The van der Waals surface area contributed by atoms with Gasteiger partial charge in [0.1, 0.15) is 6.04 Å². The average Bonchev–Trinajstić information content (AvgIpc) is 2.45. The standard InChI is InChI=1S/C14H21N3O3/c1-17(14(19)12(15)10-20-2)9-13(18)16-8-11-6-4-3-5-7-11/h3-7,12H,8-10,15H2,1-2H3,(H,16,18). The third-order valence-electron chi connectivity index (χ3n) is 2.75. The van der Waals surface area contributed by atoms with E-state index in [4.69, 9.17) is 10.5 Å². The number of nitrogens with one attached hydrogen (secondary N) is 1. The monoisotopic (exact) mass is 279 g/mol. The predicted octanol–water partition coefficient (Wildman–Crippen LogP) is -0.265. The molecule has 0 bridgehead atoms. The Morgan fingerprint density at radius 2 is 2.00 bits per heavy atom. The lowest BCUT2D eigenvalue weighted by Gasteiger charge is -2.20. The Morgan fingerprint density at radius 3 is 2.60 bits per heavy atom. The van der Waals surface area contributed by atoms with Gasteiger partial charge in [0.15, 0.2) is 0 Å². The molecule has 0 heterocycles. The highest BCUT2D eigenvalue weighted by atomic mass is 16.5. The largest absolute Gasteiger partial charge is 0.383 e. The molecule has 0 aliphatic heterocycles. The normalized spacial score (nSPS) is 11.8. The number of ether oxygens (including phenoxy) is 1. The Bertz CT molecular complexity index is 437. The minimum atomic E-state index is -0.744. The molecule has 1 aromatic carbocycles. The molecule has 1 unspecified atom stereocenters. The van der Waals surface area contributed by atoms with E-state index in [1.165, 1.54) is 12.0 Å². The lowest BCUT2D eigenvalue weighted by atomic mass is 10.2. The minimum Gasteiger partial charge on any atom is -0.383 e. The van der Waals surface area contributed by atoms with Crippen LogP contribution in [-0.2, 0) is 20.9 Å². The molecular formula is C14H21N3O3. The fourth-order valence-electron chi connectivity index (χ4n) is 1.68. The van der Waals surface area contributed by atoms with E-state index in [2.05, 4.69) is 5.32 Å². The summed E-state index contributed by atoms with van der Waals surface area (Å²) in [5.74, 6) is -0.545. The number of nitrogens with two attached hydrogens (primary N) is 1. The summed E-state index contributed by atoms with van der Waals surface area (Å²) in [5.41, 5.74) is 6.63. The van der Waals surface area contributed by atoms with Gasteiger partial charge in [-0.3, -0.25) is 9.59 Å². The van der Waals surface area contributed by atoms with Gasteiger partial charge in [0, 0.05) is 20.7 Å². The van der Waals surface area contributed by atoms with Gasteiger partial charge in [0.25, 0.3) is 0 Å². The molecule has 0 fully saturated rings. The number of benzene rings is 1. The molecule has 1 atom stereocenters. The van der Waals surface area contributed by atoms with Crippen molar-refractivity contribution in [3.63, 3.8) is 0 Å². The van der Waals surface area contributed by atoms with Crippen LogP contribution < -0.4 is 11.1 Å². The zero-order valence-corrected chi connectivity index (χ0v) is 11.8. The topological polar surface area (TPSA) is 84.7 Å². The number of nitrogens with zero attached hydrogens (tertiary/aromatic N) is 1. The molecule has 6 heteroatoms. The van der Waals surface area contributed by atoms with Gasteiger partial charge >= 0.3 is 0 Å². The fraction of sp³-hybridized carbons (Fsp3) is 0.429. The molecule has 3 N–H and O–H groups in total. The van der Waals surface area contributed by atoms with E-state index in [0.29, 0.717) is 6.54 Å². The molecule has 0 saturated heterocycles. The number of amides is 2. The van der Waals surface area contributed by atoms with Crippen LogP contribution in [0, 0.1) is 0 Å². The summed E-state index contributed by atoms with van der Waals surface area (Å²) >= 11 is 0. The van der Waals surface area contributed by atoms with Crippen LogP contribution in [0.3, 0.4) is 0 Å². The molecule has 0 aromatic heterocycles. The number of rotatable bonds is 7. The van der Waals surface area contributed by atoms with Crippen LogP contribution in [0.1, 0.15) is 5.56 Å². The van der Waals surface area contributed by atoms with Gasteiger partial charge in [0.2, 0.25) is 11.8 Å². The van der Waals surface area contributed by atoms with E-state index in [-0.39, 0.29) is 25.0 Å². The molecule has 0 radical (unpaired) electrons. The van der Waals surface area contributed by atoms with E-state index in [1.54, 1.807) is 7.05 Å². The average molecular weight is 279 g/mol. The molecule has 0 aliphatic rings. The van der Waals surface area contributed by atoms with Crippen molar-refractivity contribution in [3.8, 4) is 0 Å². The first-order valence-corrected chi connectivity index (χ1v) is 6.34. The van der Waals surface area contributed by atoms with Crippen molar-refractivity contribution in [3.05, 3.63) is 35.9 Å². The highest BCUT2D eigenvalue weighted by Crippen LogP contribution is 1.97. The Kier molecular flexibility index (Phi) is 6.69. The van der Waals surface area contributed by atoms with Gasteiger partial charge in [-0.25, -0.2) is 0 Å². The zero-order chi connectivity index (χ0) is 15.0. The van der Waals surface area contributed by atoms with Crippen molar-refractivity contribution >= 4 is 11.8 Å². The van der Waals surface area contributed by atoms with Crippen molar-refractivity contribution in [2.24, 2.45) is 5.73 Å². The van der Waals surface area contributed by atoms with Crippen molar-refractivity contribution in [1.29, 1.82) is 0 Å². The van der Waals surface area contributed by atoms with Crippen molar-refractivity contribution in [2.45, 2.75) is 12.6 Å². The van der Waals surface area contributed by atoms with Crippen LogP contribution in [0.2, 0.25) is 0 Å². The molecule has 110 valence electrons. The maximum atomic E-state index is 11.8. The number of hydrogen-bond acceptors (Lipinski definition) is 4. The summed E-state index contributed by atoms with van der Waals surface area (Å²) in [7, 11) is 3.01. The van der Waals surface area contributed by atoms with Gasteiger partial charge in [0.05, 0.1) is 13.2 Å². The first kappa shape index (κ1) is 16.1. The number of likely N-dealkylation sites (N-methyl/N-ethyl adjacent to an activating group) is 1. The van der Waals surface area contributed by atoms with Gasteiger partial charge in [-0.1, -0.05) is 30.3 Å². The van der Waals surface area contributed by atoms with Crippen LogP contribution >= 0.6 is 0 Å². The Morgan fingerprint density at radius 1 is 1.35 bits per heavy atom. The second-order valence-electron chi connectivity index (χ2n) is 4.52. The van der Waals surface area contributed by atoms with Crippen LogP contribution in [0.25, 0.3) is 0 Å². The summed E-state index contributed by atoms with van der Waals surface area (Å²) in [4.78, 5) is 24.8. The van der Waals surface area contributed by atoms with Crippen LogP contribution in [0.4, 0.5) is 0 Å². The van der Waals surface area contributed by atoms with E-state index in [9.17, 15) is 9.59 Å². The molecule has 1 aromatic rings. The van der Waals surface area contributed by atoms with Gasteiger partial charge < -0.3 is 20.7 Å². The summed E-state index contributed by atoms with van der Waals surface area (Å²) in [6.45, 7) is 0.545. The lowest BCUT2D eigenvalue weighted by molar-refractivity contribution is -0.136. The Hall–Kier alpha value is -1.92. The molecule has 6 nitrogen and oxygen atoms in total. The zero-order valence-electron chi connectivity index (χ0n) is 11.8. The minimum absolute atomic E-state index is 0.0247. The van der Waals surface area contributed by atoms with Crippen molar-refractivity contribution in [1.82, 2.24) is 10.2 Å². The second kappa shape index (κ2) is 8.29. The third-order valence-corrected chi connectivity index (χ3v) is 2.75. The summed E-state index contributed by atoms with van der Waals surface area (Å²) in [6, 6.07) is 8.82.